The summed E-state index contributed by atoms with van der Waals surface area (Å²) in [5.41, 5.74) is 1.12. The molecule has 19 heavy (non-hydrogen) atoms. The normalized spacial score (nSPS) is 11.3. The third-order valence-electron chi connectivity index (χ3n) is 3.04. The lowest BCUT2D eigenvalue weighted by molar-refractivity contribution is 0.509. The van der Waals surface area contributed by atoms with Crippen LogP contribution in [0.4, 0.5) is 5.69 Å². The third kappa shape index (κ3) is 2.46. The third-order valence-corrected chi connectivity index (χ3v) is 3.94. The van der Waals surface area contributed by atoms with E-state index in [1.165, 1.54) is 10.1 Å². The fourth-order valence-electron chi connectivity index (χ4n) is 2.09. The lowest BCUT2D eigenvalue weighted by Gasteiger charge is -2.10. The fraction of sp³-hybridized carbons (Fsp3) is 0.286. The van der Waals surface area contributed by atoms with Crippen molar-refractivity contribution in [3.63, 3.8) is 0 Å². The summed E-state index contributed by atoms with van der Waals surface area (Å²) in [6.07, 6.45) is 1.61. The lowest BCUT2D eigenvalue weighted by Crippen LogP contribution is -2.11. The van der Waals surface area contributed by atoms with Gasteiger partial charge in [-0.3, -0.25) is 0 Å². The molecule has 0 unspecified atom stereocenters. The summed E-state index contributed by atoms with van der Waals surface area (Å²) in [4.78, 5) is 4.30. The summed E-state index contributed by atoms with van der Waals surface area (Å²) < 4.78 is 3.26. The van der Waals surface area contributed by atoms with Gasteiger partial charge in [-0.2, -0.15) is 5.10 Å². The van der Waals surface area contributed by atoms with Crippen molar-refractivity contribution in [3.05, 3.63) is 41.8 Å². The Morgan fingerprint density at radius 1 is 1.32 bits per heavy atom. The predicted molar refractivity (Wildman–Crippen MR) is 79.6 cm³/mol. The first kappa shape index (κ1) is 12.2. The molecule has 1 aromatic carbocycles. The fourth-order valence-corrected chi connectivity index (χ4v) is 2.86. The molecule has 2 heterocycles. The van der Waals surface area contributed by atoms with Gasteiger partial charge in [-0.15, -0.1) is 11.3 Å². The van der Waals surface area contributed by atoms with Gasteiger partial charge in [0.2, 0.25) is 0 Å². The average Bonchev–Trinajstić information content (AvgIpc) is 3.04. The summed E-state index contributed by atoms with van der Waals surface area (Å²) >= 11 is 1.76. The SMILES string of the molecule is CC(C)n1ncnc1CNc1ccc2sccc2c1. The zero-order valence-electron chi connectivity index (χ0n) is 11.0. The summed E-state index contributed by atoms with van der Waals surface area (Å²) in [5.74, 6) is 0.959. The monoisotopic (exact) mass is 272 g/mol. The highest BCUT2D eigenvalue weighted by Crippen LogP contribution is 2.24. The molecule has 0 atom stereocenters. The molecule has 0 aliphatic carbocycles. The van der Waals surface area contributed by atoms with Crippen molar-refractivity contribution in [2.24, 2.45) is 0 Å². The number of fused-ring (bicyclic) bond motifs is 1. The number of aromatic nitrogens is 3. The maximum absolute atomic E-state index is 4.30. The Labute approximate surface area is 116 Å². The van der Waals surface area contributed by atoms with Crippen LogP contribution in [0.2, 0.25) is 0 Å². The van der Waals surface area contributed by atoms with Gasteiger partial charge in [-0.05, 0) is 48.9 Å². The van der Waals surface area contributed by atoms with Gasteiger partial charge in [-0.25, -0.2) is 9.67 Å². The number of nitrogens with one attached hydrogen (secondary N) is 1. The standard InChI is InChI=1S/C14H16N4S/c1-10(2)18-14(16-9-17-18)8-15-12-3-4-13-11(7-12)5-6-19-13/h3-7,9-10,15H,8H2,1-2H3. The summed E-state index contributed by atoms with van der Waals surface area (Å²) in [6, 6.07) is 8.90. The highest BCUT2D eigenvalue weighted by atomic mass is 32.1. The molecule has 98 valence electrons. The van der Waals surface area contributed by atoms with Crippen LogP contribution in [0.5, 0.6) is 0 Å². The maximum Gasteiger partial charge on any atom is 0.146 e. The van der Waals surface area contributed by atoms with Crippen LogP contribution in [-0.4, -0.2) is 14.8 Å². The van der Waals surface area contributed by atoms with Crippen molar-refractivity contribution in [1.82, 2.24) is 14.8 Å². The molecule has 0 aliphatic heterocycles. The molecule has 0 radical (unpaired) electrons. The van der Waals surface area contributed by atoms with Crippen LogP contribution in [0.15, 0.2) is 36.0 Å². The number of hydrogen-bond donors (Lipinski definition) is 1. The molecule has 0 fully saturated rings. The van der Waals surface area contributed by atoms with E-state index in [4.69, 9.17) is 0 Å². The molecule has 0 bridgehead atoms. The van der Waals surface area contributed by atoms with E-state index in [0.29, 0.717) is 12.6 Å². The molecule has 4 nitrogen and oxygen atoms in total. The smallest absolute Gasteiger partial charge is 0.146 e. The van der Waals surface area contributed by atoms with Crippen molar-refractivity contribution in [1.29, 1.82) is 0 Å². The second-order valence-electron chi connectivity index (χ2n) is 4.74. The van der Waals surface area contributed by atoms with E-state index in [2.05, 4.69) is 58.9 Å². The Hall–Kier alpha value is -1.88. The van der Waals surface area contributed by atoms with Crippen molar-refractivity contribution in [2.75, 3.05) is 5.32 Å². The number of rotatable bonds is 4. The Morgan fingerprint density at radius 2 is 2.21 bits per heavy atom. The van der Waals surface area contributed by atoms with Gasteiger partial charge in [0.05, 0.1) is 6.54 Å². The topological polar surface area (TPSA) is 42.7 Å². The van der Waals surface area contributed by atoms with Gasteiger partial charge in [0.1, 0.15) is 12.2 Å². The summed E-state index contributed by atoms with van der Waals surface area (Å²) in [7, 11) is 0. The van der Waals surface area contributed by atoms with Gasteiger partial charge in [0.15, 0.2) is 0 Å². The lowest BCUT2D eigenvalue weighted by atomic mass is 10.2. The molecule has 0 saturated carbocycles. The zero-order chi connectivity index (χ0) is 13.2. The van der Waals surface area contributed by atoms with Crippen molar-refractivity contribution in [3.8, 4) is 0 Å². The van der Waals surface area contributed by atoms with E-state index in [0.717, 1.165) is 11.5 Å². The number of nitrogens with zero attached hydrogens (tertiary/aromatic N) is 3. The molecule has 1 N–H and O–H groups in total. The molecule has 5 heteroatoms. The highest BCUT2D eigenvalue weighted by Gasteiger charge is 2.07. The Kier molecular flexibility index (Phi) is 3.21. The van der Waals surface area contributed by atoms with E-state index >= 15 is 0 Å². The van der Waals surface area contributed by atoms with E-state index in [9.17, 15) is 0 Å². The van der Waals surface area contributed by atoms with Crippen LogP contribution in [0.3, 0.4) is 0 Å². The van der Waals surface area contributed by atoms with Crippen molar-refractivity contribution < 1.29 is 0 Å². The summed E-state index contributed by atoms with van der Waals surface area (Å²) in [5, 5.41) is 11.0. The summed E-state index contributed by atoms with van der Waals surface area (Å²) in [6.45, 7) is 4.90. The number of hydrogen-bond acceptors (Lipinski definition) is 4. The highest BCUT2D eigenvalue weighted by molar-refractivity contribution is 7.17. The Balaban J connectivity index is 1.76. The second kappa shape index (κ2) is 5.01. The molecule has 0 amide bonds. The predicted octanol–water partition coefficient (Wildman–Crippen LogP) is 3.69. The molecular weight excluding hydrogens is 256 g/mol. The number of benzene rings is 1. The molecule has 2 aromatic heterocycles. The van der Waals surface area contributed by atoms with Crippen LogP contribution in [0, 0.1) is 0 Å². The van der Waals surface area contributed by atoms with Gasteiger partial charge >= 0.3 is 0 Å². The second-order valence-corrected chi connectivity index (χ2v) is 5.69. The number of anilines is 1. The Bertz CT molecular complexity index is 683. The first-order valence-corrected chi connectivity index (χ1v) is 7.21. The zero-order valence-corrected chi connectivity index (χ0v) is 11.8. The van der Waals surface area contributed by atoms with Crippen molar-refractivity contribution in [2.45, 2.75) is 26.4 Å². The van der Waals surface area contributed by atoms with E-state index < -0.39 is 0 Å². The van der Waals surface area contributed by atoms with Crippen LogP contribution in [0.25, 0.3) is 10.1 Å². The quantitative estimate of drug-likeness (QED) is 0.787. The minimum Gasteiger partial charge on any atom is -0.378 e. The van der Waals surface area contributed by atoms with Crippen molar-refractivity contribution >= 4 is 27.1 Å². The van der Waals surface area contributed by atoms with Crippen LogP contribution in [-0.2, 0) is 6.54 Å². The van der Waals surface area contributed by atoms with Crippen LogP contribution < -0.4 is 5.32 Å². The minimum atomic E-state index is 0.332. The van der Waals surface area contributed by atoms with Gasteiger partial charge in [0.25, 0.3) is 0 Å². The maximum atomic E-state index is 4.30. The molecule has 3 aromatic rings. The molecule has 3 rings (SSSR count). The van der Waals surface area contributed by atoms with E-state index in [1.807, 2.05) is 4.68 Å². The largest absolute Gasteiger partial charge is 0.378 e. The van der Waals surface area contributed by atoms with E-state index in [1.54, 1.807) is 17.7 Å². The first-order chi connectivity index (χ1) is 9.24. The van der Waals surface area contributed by atoms with Gasteiger partial charge in [-0.1, -0.05) is 0 Å². The first-order valence-electron chi connectivity index (χ1n) is 6.33. The average molecular weight is 272 g/mol. The van der Waals surface area contributed by atoms with Crippen LogP contribution >= 0.6 is 11.3 Å². The molecular formula is C14H16N4S. The van der Waals surface area contributed by atoms with Gasteiger partial charge < -0.3 is 5.32 Å². The van der Waals surface area contributed by atoms with Crippen LogP contribution in [0.1, 0.15) is 25.7 Å². The van der Waals surface area contributed by atoms with Gasteiger partial charge in [0, 0.05) is 16.4 Å². The molecule has 0 aliphatic rings. The van der Waals surface area contributed by atoms with E-state index in [-0.39, 0.29) is 0 Å². The Morgan fingerprint density at radius 3 is 3.05 bits per heavy atom. The molecule has 0 spiro atoms. The molecule has 0 saturated heterocycles. The number of thiophene rings is 1. The minimum absolute atomic E-state index is 0.332.